The Balaban J connectivity index is 1.18. The number of piperidine rings is 1. The number of amides is 1. The van der Waals surface area contributed by atoms with Gasteiger partial charge in [0.05, 0.1) is 12.2 Å². The second-order valence-electron chi connectivity index (χ2n) is 12.3. The largest absolute Gasteiger partial charge is 0.481 e. The SMILES string of the molecule is CCCOc1nc(N2CCC[C@@H](CC(=O)O)C2)ccc1C(=O)N[C@H]1CC23CC2C[C@@]2(OC(F)F)CC1C3C2. The minimum absolute atomic E-state index is 0.0612. The number of carboxylic acid groups (broad SMARTS) is 1. The maximum Gasteiger partial charge on any atom is 0.345 e. The number of nitrogens with one attached hydrogen (secondary N) is 1. The van der Waals surface area contributed by atoms with Gasteiger partial charge in [-0.1, -0.05) is 6.92 Å². The molecule has 6 rings (SSSR count). The number of carbonyl (C=O) groups is 2. The Kier molecular flexibility index (Phi) is 6.52. The van der Waals surface area contributed by atoms with Crippen LogP contribution in [-0.4, -0.2) is 59.9 Å². The Bertz CT molecular complexity index is 1100. The highest BCUT2D eigenvalue weighted by Gasteiger charge is 2.75. The van der Waals surface area contributed by atoms with Gasteiger partial charge >= 0.3 is 12.6 Å². The minimum Gasteiger partial charge on any atom is -0.481 e. The van der Waals surface area contributed by atoms with E-state index in [1.165, 1.54) is 0 Å². The first-order valence-corrected chi connectivity index (χ1v) is 14.1. The van der Waals surface area contributed by atoms with Crippen molar-refractivity contribution < 1.29 is 33.0 Å². The van der Waals surface area contributed by atoms with Gasteiger partial charge in [0.25, 0.3) is 5.91 Å². The molecule has 38 heavy (non-hydrogen) atoms. The molecule has 1 aromatic rings. The topological polar surface area (TPSA) is 101 Å². The highest BCUT2D eigenvalue weighted by molar-refractivity contribution is 5.97. The van der Waals surface area contributed by atoms with Crippen LogP contribution in [0.1, 0.15) is 75.1 Å². The fraction of sp³-hybridized carbons (Fsp3) is 0.750. The molecule has 1 aromatic heterocycles. The standard InChI is InChI=1S/C28H37F2N3O5/c1-2-8-37-25-18(5-6-22(32-25)33-7-3-4-16(15-33)9-23(34)35)24(36)31-21-14-28-11-17(28)10-27(38-26(29)30)12-19(21)20(28)13-27/h5-6,16-17,19-21,26H,2-4,7-15H2,1H3,(H,31,36)(H,34,35)/t16-,17?,19?,20?,21-,27+,28?/m0/s1. The Morgan fingerprint density at radius 3 is 2.84 bits per heavy atom. The molecule has 4 saturated carbocycles. The molecule has 4 unspecified atom stereocenters. The molecule has 1 saturated heterocycles. The van der Waals surface area contributed by atoms with Crippen LogP contribution in [0, 0.1) is 29.1 Å². The highest BCUT2D eigenvalue weighted by atomic mass is 19.3. The molecule has 7 atom stereocenters. The Labute approximate surface area is 221 Å². The van der Waals surface area contributed by atoms with Crippen LogP contribution < -0.4 is 15.0 Å². The summed E-state index contributed by atoms with van der Waals surface area (Å²) in [6.07, 6.45) is 6.57. The van der Waals surface area contributed by atoms with E-state index >= 15 is 0 Å². The van der Waals surface area contributed by atoms with Gasteiger partial charge in [-0.15, -0.1) is 0 Å². The summed E-state index contributed by atoms with van der Waals surface area (Å²) in [5.74, 6) is 0.890. The average Bonchev–Trinajstić information content (AvgIpc) is 3.34. The van der Waals surface area contributed by atoms with Crippen molar-refractivity contribution in [2.45, 2.75) is 83.0 Å². The predicted molar refractivity (Wildman–Crippen MR) is 134 cm³/mol. The van der Waals surface area contributed by atoms with Crippen LogP contribution in [0.4, 0.5) is 14.6 Å². The molecular weight excluding hydrogens is 496 g/mol. The Morgan fingerprint density at radius 2 is 2.08 bits per heavy atom. The van der Waals surface area contributed by atoms with Gasteiger partial charge < -0.3 is 24.8 Å². The summed E-state index contributed by atoms with van der Waals surface area (Å²) in [6, 6.07) is 3.49. The van der Waals surface area contributed by atoms with E-state index in [-0.39, 0.29) is 41.5 Å². The lowest BCUT2D eigenvalue weighted by molar-refractivity contribution is -0.217. The monoisotopic (exact) mass is 533 g/mol. The molecule has 5 aliphatic rings. The van der Waals surface area contributed by atoms with Crippen molar-refractivity contribution >= 4 is 17.7 Å². The molecule has 0 radical (unpaired) electrons. The van der Waals surface area contributed by atoms with E-state index in [2.05, 4.69) is 10.2 Å². The molecule has 4 aliphatic carbocycles. The second-order valence-corrected chi connectivity index (χ2v) is 12.3. The second kappa shape index (κ2) is 9.61. The quantitative estimate of drug-likeness (QED) is 0.457. The molecule has 0 aromatic carbocycles. The first-order chi connectivity index (χ1) is 18.2. The van der Waals surface area contributed by atoms with Gasteiger partial charge in [-0.2, -0.15) is 13.8 Å². The van der Waals surface area contributed by atoms with Gasteiger partial charge in [0.2, 0.25) is 5.88 Å². The van der Waals surface area contributed by atoms with Crippen LogP contribution in [0.5, 0.6) is 5.88 Å². The zero-order chi connectivity index (χ0) is 26.7. The first kappa shape index (κ1) is 25.8. The third kappa shape index (κ3) is 4.52. The van der Waals surface area contributed by atoms with Crippen LogP contribution in [0.2, 0.25) is 0 Å². The van der Waals surface area contributed by atoms with Gasteiger partial charge in [0, 0.05) is 25.6 Å². The molecule has 1 aliphatic heterocycles. The van der Waals surface area contributed by atoms with E-state index in [0.717, 1.165) is 45.1 Å². The van der Waals surface area contributed by atoms with Gasteiger partial charge in [-0.25, -0.2) is 0 Å². The zero-order valence-electron chi connectivity index (χ0n) is 21.8. The van der Waals surface area contributed by atoms with Crippen LogP contribution in [-0.2, 0) is 9.53 Å². The van der Waals surface area contributed by atoms with Crippen LogP contribution >= 0.6 is 0 Å². The average molecular weight is 534 g/mol. The van der Waals surface area contributed by atoms with E-state index in [9.17, 15) is 23.5 Å². The number of ether oxygens (including phenoxy) is 2. The van der Waals surface area contributed by atoms with E-state index in [1.807, 2.05) is 13.0 Å². The molecule has 8 nitrogen and oxygen atoms in total. The molecule has 2 bridgehead atoms. The van der Waals surface area contributed by atoms with E-state index in [0.29, 0.717) is 49.2 Å². The van der Waals surface area contributed by atoms with Crippen molar-refractivity contribution in [3.05, 3.63) is 17.7 Å². The van der Waals surface area contributed by atoms with Crippen molar-refractivity contribution in [2.75, 3.05) is 24.6 Å². The summed E-state index contributed by atoms with van der Waals surface area (Å²) in [6.45, 7) is 1.02. The summed E-state index contributed by atoms with van der Waals surface area (Å²) < 4.78 is 37.6. The normalized spacial score (nSPS) is 36.7. The summed E-state index contributed by atoms with van der Waals surface area (Å²) in [5.41, 5.74) is -0.196. The third-order valence-corrected chi connectivity index (χ3v) is 9.96. The van der Waals surface area contributed by atoms with Crippen LogP contribution in [0.3, 0.4) is 0 Å². The number of carbonyl (C=O) groups excluding carboxylic acids is 1. The van der Waals surface area contributed by atoms with Crippen molar-refractivity contribution in [1.29, 1.82) is 0 Å². The summed E-state index contributed by atoms with van der Waals surface area (Å²) >= 11 is 0. The number of aliphatic carboxylic acids is 1. The van der Waals surface area contributed by atoms with E-state index in [4.69, 9.17) is 14.5 Å². The maximum absolute atomic E-state index is 13.6. The van der Waals surface area contributed by atoms with Crippen molar-refractivity contribution in [2.24, 2.45) is 29.1 Å². The van der Waals surface area contributed by atoms with E-state index in [1.54, 1.807) is 6.07 Å². The van der Waals surface area contributed by atoms with Gasteiger partial charge in [0.15, 0.2) is 0 Å². The minimum atomic E-state index is -2.77. The fourth-order valence-electron chi connectivity index (χ4n) is 8.48. The smallest absolute Gasteiger partial charge is 0.345 e. The van der Waals surface area contributed by atoms with Gasteiger partial charge in [0.1, 0.15) is 11.4 Å². The molecule has 2 heterocycles. The maximum atomic E-state index is 13.6. The number of halogens is 2. The number of anilines is 1. The number of hydrogen-bond donors (Lipinski definition) is 2. The lowest BCUT2D eigenvalue weighted by Gasteiger charge is -2.36. The Morgan fingerprint density at radius 1 is 1.24 bits per heavy atom. The number of fused-ring (bicyclic) bond motifs is 1. The van der Waals surface area contributed by atoms with Crippen molar-refractivity contribution in [1.82, 2.24) is 10.3 Å². The first-order valence-electron chi connectivity index (χ1n) is 14.1. The van der Waals surface area contributed by atoms with Crippen LogP contribution in [0.15, 0.2) is 12.1 Å². The number of nitrogens with zero attached hydrogens (tertiary/aromatic N) is 2. The van der Waals surface area contributed by atoms with Crippen molar-refractivity contribution in [3.63, 3.8) is 0 Å². The van der Waals surface area contributed by atoms with Gasteiger partial charge in [-0.05, 0) is 92.6 Å². The number of rotatable bonds is 10. The molecular formula is C28H37F2N3O5. The van der Waals surface area contributed by atoms with Crippen molar-refractivity contribution in [3.8, 4) is 5.88 Å². The van der Waals surface area contributed by atoms with Crippen LogP contribution in [0.25, 0.3) is 0 Å². The highest BCUT2D eigenvalue weighted by Crippen LogP contribution is 2.78. The molecule has 208 valence electrons. The lowest BCUT2D eigenvalue weighted by Crippen LogP contribution is -2.42. The Hall–Kier alpha value is -2.49. The summed E-state index contributed by atoms with van der Waals surface area (Å²) in [4.78, 5) is 31.5. The number of aromatic nitrogens is 1. The predicted octanol–water partition coefficient (Wildman–Crippen LogP) is 4.48. The fourth-order valence-corrected chi connectivity index (χ4v) is 8.48. The molecule has 1 spiro atoms. The van der Waals surface area contributed by atoms with Gasteiger partial charge in [-0.3, -0.25) is 9.59 Å². The summed E-state index contributed by atoms with van der Waals surface area (Å²) in [7, 11) is 0. The third-order valence-electron chi connectivity index (χ3n) is 9.96. The number of pyridine rings is 1. The number of hydrogen-bond acceptors (Lipinski definition) is 6. The molecule has 10 heteroatoms. The number of alkyl halides is 2. The number of carboxylic acids is 1. The zero-order valence-corrected chi connectivity index (χ0v) is 21.8. The molecule has 1 amide bonds. The lowest BCUT2D eigenvalue weighted by atomic mass is 9.78. The summed E-state index contributed by atoms with van der Waals surface area (Å²) in [5, 5.41) is 12.4. The molecule has 5 fully saturated rings. The van der Waals surface area contributed by atoms with E-state index < -0.39 is 18.2 Å². The molecule has 2 N–H and O–H groups in total.